The van der Waals surface area contributed by atoms with Gasteiger partial charge in [-0.15, -0.1) is 0 Å². The third-order valence-electron chi connectivity index (χ3n) is 4.01. The average Bonchev–Trinajstić information content (AvgIpc) is 3.35. The lowest BCUT2D eigenvalue weighted by atomic mass is 10.2. The van der Waals surface area contributed by atoms with E-state index in [0.29, 0.717) is 11.1 Å². The van der Waals surface area contributed by atoms with E-state index in [0.717, 1.165) is 35.0 Å². The van der Waals surface area contributed by atoms with Gasteiger partial charge in [-0.25, -0.2) is 9.78 Å². The van der Waals surface area contributed by atoms with Gasteiger partial charge in [0, 0.05) is 18.3 Å². The van der Waals surface area contributed by atoms with Crippen LogP contribution in [0.3, 0.4) is 0 Å². The van der Waals surface area contributed by atoms with Crippen LogP contribution < -0.4 is 11.1 Å². The molecular formula is C22H26F2N3O2PS. The molecular weight excluding hydrogens is 439 g/mol. The van der Waals surface area contributed by atoms with Gasteiger partial charge in [-0.1, -0.05) is 71.4 Å². The number of nitrogens with one attached hydrogen (secondary N) is 2. The maximum Gasteiger partial charge on any atom is 0.417 e. The first-order valence-corrected chi connectivity index (χ1v) is 11.2. The number of hydrogen-bond acceptors (Lipinski definition) is 5. The van der Waals surface area contributed by atoms with Gasteiger partial charge < -0.3 is 9.73 Å². The van der Waals surface area contributed by atoms with Crippen molar-refractivity contribution in [1.29, 1.82) is 0 Å². The van der Waals surface area contributed by atoms with Crippen LogP contribution in [-0.2, 0) is 0 Å². The molecule has 5 nitrogen and oxygen atoms in total. The first-order chi connectivity index (χ1) is 14.8. The number of rotatable bonds is 9. The largest absolute Gasteiger partial charge is 0.417 e. The molecule has 0 aliphatic rings. The number of H-pyrrole nitrogens is 1. The summed E-state index contributed by atoms with van der Waals surface area (Å²) in [7, 11) is 1.46. The summed E-state index contributed by atoms with van der Waals surface area (Å²) in [6, 6.07) is 5.52. The predicted molar refractivity (Wildman–Crippen MR) is 129 cm³/mol. The Morgan fingerprint density at radius 2 is 2.16 bits per heavy atom. The minimum Gasteiger partial charge on any atom is -0.408 e. The molecule has 0 saturated heterocycles. The van der Waals surface area contributed by atoms with E-state index in [-0.39, 0.29) is 5.57 Å². The number of anilines is 1. The van der Waals surface area contributed by atoms with Crippen LogP contribution in [0, 0.1) is 0 Å². The fourth-order valence-electron chi connectivity index (χ4n) is 2.46. The Labute approximate surface area is 186 Å². The summed E-state index contributed by atoms with van der Waals surface area (Å²) in [5, 5.41) is 4.07. The molecule has 0 amide bonds. The van der Waals surface area contributed by atoms with Crippen molar-refractivity contribution >= 4 is 36.8 Å². The maximum atomic E-state index is 12.9. The first-order valence-electron chi connectivity index (χ1n) is 9.85. The predicted octanol–water partition coefficient (Wildman–Crippen LogP) is 6.60. The van der Waals surface area contributed by atoms with Crippen molar-refractivity contribution in [2.24, 2.45) is 0 Å². The zero-order valence-electron chi connectivity index (χ0n) is 17.5. The molecule has 0 radical (unpaired) electrons. The summed E-state index contributed by atoms with van der Waals surface area (Å²) in [6.45, 7) is 8.06. The van der Waals surface area contributed by atoms with Gasteiger partial charge >= 0.3 is 5.76 Å². The van der Waals surface area contributed by atoms with Gasteiger partial charge in [0.1, 0.15) is 0 Å². The molecule has 2 N–H and O–H groups in total. The molecule has 3 rings (SSSR count). The molecule has 0 aliphatic carbocycles. The molecule has 0 spiro atoms. The zero-order valence-corrected chi connectivity index (χ0v) is 19.4. The van der Waals surface area contributed by atoms with E-state index in [1.807, 2.05) is 32.1 Å². The van der Waals surface area contributed by atoms with E-state index in [9.17, 15) is 13.6 Å². The van der Waals surface area contributed by atoms with Gasteiger partial charge in [-0.2, -0.15) is 8.78 Å². The van der Waals surface area contributed by atoms with Crippen LogP contribution in [0.2, 0.25) is 0 Å². The highest BCUT2D eigenvalue weighted by atomic mass is 32.1. The number of benzene rings is 1. The van der Waals surface area contributed by atoms with E-state index < -0.39 is 11.4 Å². The van der Waals surface area contributed by atoms with Crippen LogP contribution >= 0.6 is 20.6 Å². The van der Waals surface area contributed by atoms with Gasteiger partial charge in [0.05, 0.1) is 10.4 Å². The van der Waals surface area contributed by atoms with Crippen LogP contribution in [0.25, 0.3) is 21.5 Å². The van der Waals surface area contributed by atoms with E-state index in [1.54, 1.807) is 24.4 Å². The van der Waals surface area contributed by atoms with Gasteiger partial charge in [0.25, 0.3) is 5.66 Å². The topological polar surface area (TPSA) is 70.9 Å². The summed E-state index contributed by atoms with van der Waals surface area (Å²) >= 11 is 1.51. The number of unbranched alkanes of at least 4 members (excludes halogenated alkanes) is 1. The highest BCUT2D eigenvalue weighted by Gasteiger charge is 2.23. The standard InChI is InChI=1S/C20H20F2N3O2PS.C2H6/c1-13(20(21,22)28)7-5-3-2-4-6-10-23-18-24-12-17(29-18)14-8-9-15-16(11-14)27-19(26)25-15;1-2/h2-3,5,7-9,11-12H,1,4,6,10,28H2,(H,23,24)(H,25,26);1-2H3/b3-2+,7-5-;. The number of alkyl halides is 2. The second-order valence-corrected chi connectivity index (χ2v) is 8.02. The van der Waals surface area contributed by atoms with Crippen molar-refractivity contribution in [3.05, 3.63) is 71.4 Å². The highest BCUT2D eigenvalue weighted by molar-refractivity contribution is 7.19. The molecule has 3 aromatic rings. The van der Waals surface area contributed by atoms with Crippen LogP contribution in [0.15, 0.2) is 70.1 Å². The monoisotopic (exact) mass is 465 g/mol. The lowest BCUT2D eigenvalue weighted by Crippen LogP contribution is -2.05. The molecule has 1 aromatic carbocycles. The number of oxazole rings is 1. The van der Waals surface area contributed by atoms with E-state index in [1.165, 1.54) is 26.7 Å². The Balaban J connectivity index is 0.00000166. The first kappa shape index (κ1) is 24.7. The molecule has 2 aromatic heterocycles. The quantitative estimate of drug-likeness (QED) is 0.212. The van der Waals surface area contributed by atoms with Crippen LogP contribution in [0.5, 0.6) is 0 Å². The Morgan fingerprint density at radius 1 is 1.39 bits per heavy atom. The molecule has 1 unspecified atom stereocenters. The number of aromatic nitrogens is 2. The van der Waals surface area contributed by atoms with Crippen molar-refractivity contribution in [3.63, 3.8) is 0 Å². The van der Waals surface area contributed by atoms with Gasteiger partial charge in [-0.05, 0) is 30.5 Å². The fourth-order valence-corrected chi connectivity index (χ4v) is 3.40. The van der Waals surface area contributed by atoms with Gasteiger partial charge in [0.2, 0.25) is 0 Å². The zero-order chi connectivity index (χ0) is 22.9. The average molecular weight is 466 g/mol. The molecule has 0 saturated carbocycles. The molecule has 31 heavy (non-hydrogen) atoms. The van der Waals surface area contributed by atoms with Crippen LogP contribution in [0.4, 0.5) is 13.9 Å². The minimum absolute atomic E-state index is 0.244. The Bertz CT molecular complexity index is 1110. The van der Waals surface area contributed by atoms with Crippen LogP contribution in [-0.4, -0.2) is 22.2 Å². The molecule has 0 fully saturated rings. The van der Waals surface area contributed by atoms with Crippen molar-refractivity contribution in [3.8, 4) is 10.4 Å². The normalized spacial score (nSPS) is 11.8. The molecule has 2 heterocycles. The van der Waals surface area contributed by atoms with Crippen molar-refractivity contribution in [2.45, 2.75) is 32.4 Å². The minimum atomic E-state index is -2.97. The van der Waals surface area contributed by atoms with E-state index >= 15 is 0 Å². The summed E-state index contributed by atoms with van der Waals surface area (Å²) in [5.41, 5.74) is -1.11. The second-order valence-electron chi connectivity index (χ2n) is 6.26. The van der Waals surface area contributed by atoms with Gasteiger partial charge in [0.15, 0.2) is 10.7 Å². The smallest absolute Gasteiger partial charge is 0.408 e. The van der Waals surface area contributed by atoms with E-state index in [2.05, 4.69) is 21.9 Å². The summed E-state index contributed by atoms with van der Waals surface area (Å²) in [5.74, 6) is -0.472. The lowest BCUT2D eigenvalue weighted by molar-refractivity contribution is 0.151. The number of halogens is 2. The highest BCUT2D eigenvalue weighted by Crippen LogP contribution is 2.31. The van der Waals surface area contributed by atoms with Crippen molar-refractivity contribution in [1.82, 2.24) is 9.97 Å². The second kappa shape index (κ2) is 11.7. The lowest BCUT2D eigenvalue weighted by Gasteiger charge is -2.08. The summed E-state index contributed by atoms with van der Waals surface area (Å²) in [4.78, 5) is 19.2. The number of thiazole rings is 1. The molecule has 166 valence electrons. The van der Waals surface area contributed by atoms with Crippen molar-refractivity contribution < 1.29 is 13.2 Å². The molecule has 1 atom stereocenters. The summed E-state index contributed by atoms with van der Waals surface area (Å²) < 4.78 is 30.9. The Morgan fingerprint density at radius 3 is 2.90 bits per heavy atom. The number of nitrogens with zero attached hydrogens (tertiary/aromatic N) is 1. The SMILES string of the molecule is C=C(/C=C\C=C\CCCNc1ncc(-c2ccc3[nH]c(=O)oc3c2)s1)C(F)(F)P.CC. The molecule has 0 bridgehead atoms. The van der Waals surface area contributed by atoms with Crippen molar-refractivity contribution in [2.75, 3.05) is 11.9 Å². The number of allylic oxidation sites excluding steroid dienone is 5. The number of hydrogen-bond donors (Lipinski definition) is 2. The molecule has 9 heteroatoms. The summed E-state index contributed by atoms with van der Waals surface area (Å²) in [6.07, 6.45) is 9.97. The third-order valence-corrected chi connectivity index (χ3v) is 5.38. The third kappa shape index (κ3) is 7.56. The van der Waals surface area contributed by atoms with Crippen LogP contribution in [0.1, 0.15) is 26.7 Å². The van der Waals surface area contributed by atoms with Gasteiger partial charge in [-0.3, -0.25) is 4.98 Å². The Kier molecular flexibility index (Phi) is 9.34. The fraction of sp³-hybridized carbons (Fsp3) is 0.273. The molecule has 0 aliphatic heterocycles. The maximum absolute atomic E-state index is 12.9. The Hall–Kier alpha value is -2.57. The van der Waals surface area contributed by atoms with E-state index in [4.69, 9.17) is 4.42 Å². The number of fused-ring (bicyclic) bond motifs is 1. The number of aromatic amines is 1.